The number of halogens is 2. The number of aliphatic hydroxyl groups is 1. The van der Waals surface area contributed by atoms with E-state index >= 15 is 0 Å². The molecule has 266 valence electrons. The SMILES string of the molecule is [N-]=[N+]=NCc1ccccc1[C@@H]1OC(c2ccc(OCCCO)cc2)=N[C@]1(CCS(=O)(=O)c1ccccc1)C(=O)NNCCc1cc(F)cc(F)c1. The largest absolute Gasteiger partial charge is 0.494 e. The summed E-state index contributed by atoms with van der Waals surface area (Å²) in [6.07, 6.45) is -0.895. The van der Waals surface area contributed by atoms with Crippen LogP contribution in [0, 0.1) is 11.6 Å². The Labute approximate surface area is 293 Å². The highest BCUT2D eigenvalue weighted by atomic mass is 32.2. The zero-order chi connectivity index (χ0) is 36.3. The number of benzene rings is 4. The summed E-state index contributed by atoms with van der Waals surface area (Å²) in [6.45, 7) is 0.274. The normalized spacial score (nSPS) is 16.8. The monoisotopic (exact) mass is 718 g/mol. The molecule has 2 atom stereocenters. The third-order valence-electron chi connectivity index (χ3n) is 8.19. The van der Waals surface area contributed by atoms with Crippen molar-refractivity contribution in [1.29, 1.82) is 0 Å². The summed E-state index contributed by atoms with van der Waals surface area (Å²) in [7, 11) is -3.91. The van der Waals surface area contributed by atoms with E-state index in [0.717, 1.165) is 6.07 Å². The predicted molar refractivity (Wildman–Crippen MR) is 185 cm³/mol. The molecular formula is C36H36F2N6O6S. The number of hydrogen-bond donors (Lipinski definition) is 3. The minimum atomic E-state index is -3.91. The maximum atomic E-state index is 14.4. The van der Waals surface area contributed by atoms with Gasteiger partial charge in [0.25, 0.3) is 5.91 Å². The van der Waals surface area contributed by atoms with Crippen LogP contribution in [0.15, 0.2) is 112 Å². The van der Waals surface area contributed by atoms with Crippen molar-refractivity contribution in [2.45, 2.75) is 42.3 Å². The first kappa shape index (κ1) is 36.9. The molecule has 1 aliphatic heterocycles. The van der Waals surface area contributed by atoms with Crippen LogP contribution in [0.1, 0.15) is 41.2 Å². The van der Waals surface area contributed by atoms with Gasteiger partial charge in [-0.3, -0.25) is 10.2 Å². The molecule has 0 saturated heterocycles. The molecule has 5 rings (SSSR count). The van der Waals surface area contributed by atoms with Gasteiger partial charge in [0.05, 0.1) is 23.8 Å². The molecule has 0 unspecified atom stereocenters. The standard InChI is InChI=1S/C36H36F2N6O6S/c37-28-21-25(22-29(38)23-28)15-17-40-43-35(46)36(16-20-51(47,48)31-8-2-1-3-9-31)33(32-10-5-4-7-27(32)24-41-44-39)50-34(42-36)26-11-13-30(14-12-26)49-19-6-18-45/h1-5,7-14,21-23,33,40,45H,6,15-20,24H2,(H,43,46)/t33-,36-/m0/s1. The molecule has 15 heteroatoms. The van der Waals surface area contributed by atoms with Crippen LogP contribution in [0.3, 0.4) is 0 Å². The van der Waals surface area contributed by atoms with Gasteiger partial charge >= 0.3 is 0 Å². The number of rotatable bonds is 17. The predicted octanol–water partition coefficient (Wildman–Crippen LogP) is 5.52. The summed E-state index contributed by atoms with van der Waals surface area (Å²) in [4.78, 5) is 22.2. The quantitative estimate of drug-likeness (QED) is 0.0424. The van der Waals surface area contributed by atoms with Crippen LogP contribution in [0.5, 0.6) is 5.75 Å². The van der Waals surface area contributed by atoms with E-state index in [-0.39, 0.29) is 43.3 Å². The molecule has 4 aromatic carbocycles. The van der Waals surface area contributed by atoms with E-state index in [2.05, 4.69) is 20.9 Å². The van der Waals surface area contributed by atoms with Crippen molar-refractivity contribution in [3.63, 3.8) is 0 Å². The van der Waals surface area contributed by atoms with Gasteiger partial charge in [0.2, 0.25) is 5.90 Å². The molecule has 0 radical (unpaired) electrons. The van der Waals surface area contributed by atoms with E-state index in [0.29, 0.717) is 41.0 Å². The number of carbonyl (C=O) groups excluding carboxylic acids is 1. The third kappa shape index (κ3) is 9.27. The second kappa shape index (κ2) is 17.1. The zero-order valence-electron chi connectivity index (χ0n) is 27.4. The highest BCUT2D eigenvalue weighted by Gasteiger charge is 2.54. The molecule has 51 heavy (non-hydrogen) atoms. The number of hydrazine groups is 1. The van der Waals surface area contributed by atoms with Crippen LogP contribution in [0.4, 0.5) is 8.78 Å². The number of nitrogens with zero attached hydrogens (tertiary/aromatic N) is 4. The lowest BCUT2D eigenvalue weighted by atomic mass is 9.83. The first-order chi connectivity index (χ1) is 24.6. The number of hydrogen-bond acceptors (Lipinski definition) is 9. The van der Waals surface area contributed by atoms with E-state index in [1.165, 1.54) is 24.3 Å². The average molecular weight is 719 g/mol. The van der Waals surface area contributed by atoms with E-state index in [1.807, 2.05) is 0 Å². The first-order valence-electron chi connectivity index (χ1n) is 16.1. The Kier molecular flexibility index (Phi) is 12.3. The third-order valence-corrected chi connectivity index (χ3v) is 9.92. The fourth-order valence-corrected chi connectivity index (χ4v) is 7.03. The topological polar surface area (TPSA) is 175 Å². The van der Waals surface area contributed by atoms with Crippen LogP contribution in [-0.4, -0.2) is 56.4 Å². The van der Waals surface area contributed by atoms with Gasteiger partial charge in [-0.2, -0.15) is 0 Å². The molecule has 0 saturated carbocycles. The van der Waals surface area contributed by atoms with E-state index in [1.54, 1.807) is 66.7 Å². The fraction of sp³-hybridized carbons (Fsp3) is 0.278. The Hall–Kier alpha value is -5.34. The van der Waals surface area contributed by atoms with Crippen LogP contribution in [0.2, 0.25) is 0 Å². The van der Waals surface area contributed by atoms with Crippen LogP contribution < -0.4 is 15.6 Å². The summed E-state index contributed by atoms with van der Waals surface area (Å²) in [6, 6.07) is 24.5. The van der Waals surface area contributed by atoms with E-state index in [9.17, 15) is 22.0 Å². The van der Waals surface area contributed by atoms with Gasteiger partial charge in [-0.15, -0.1) is 0 Å². The molecule has 4 aromatic rings. The van der Waals surface area contributed by atoms with E-state index < -0.39 is 44.8 Å². The van der Waals surface area contributed by atoms with Crippen molar-refractivity contribution < 1.29 is 36.6 Å². The highest BCUT2D eigenvalue weighted by Crippen LogP contribution is 2.44. The Morgan fingerprint density at radius 3 is 2.43 bits per heavy atom. The van der Waals surface area contributed by atoms with Crippen molar-refractivity contribution in [1.82, 2.24) is 10.9 Å². The maximum absolute atomic E-state index is 14.4. The first-order valence-corrected chi connectivity index (χ1v) is 17.8. The van der Waals surface area contributed by atoms with Crippen molar-refractivity contribution >= 4 is 21.6 Å². The second-order valence-electron chi connectivity index (χ2n) is 11.7. The molecule has 0 spiro atoms. The van der Waals surface area contributed by atoms with Gasteiger partial charge in [0.1, 0.15) is 17.4 Å². The second-order valence-corrected chi connectivity index (χ2v) is 13.8. The van der Waals surface area contributed by atoms with Gasteiger partial charge in [-0.25, -0.2) is 27.6 Å². The molecule has 0 aliphatic carbocycles. The minimum absolute atomic E-state index is 0.0202. The van der Waals surface area contributed by atoms with Gasteiger partial charge in [0.15, 0.2) is 21.5 Å². The number of aliphatic hydroxyl groups excluding tert-OH is 1. The number of aliphatic imine (C=N–C) groups is 1. The Bertz CT molecular complexity index is 1990. The molecule has 0 bridgehead atoms. The molecule has 0 aromatic heterocycles. The van der Waals surface area contributed by atoms with Crippen molar-refractivity contribution in [3.05, 3.63) is 141 Å². The molecule has 3 N–H and O–H groups in total. The van der Waals surface area contributed by atoms with Crippen molar-refractivity contribution in [2.75, 3.05) is 25.5 Å². The Balaban J connectivity index is 1.53. The lowest BCUT2D eigenvalue weighted by Crippen LogP contribution is -2.53. The zero-order valence-corrected chi connectivity index (χ0v) is 28.2. The highest BCUT2D eigenvalue weighted by molar-refractivity contribution is 7.91. The number of carbonyl (C=O) groups is 1. The smallest absolute Gasteiger partial charge is 0.266 e. The molecule has 1 heterocycles. The Morgan fingerprint density at radius 1 is 1.02 bits per heavy atom. The molecule has 12 nitrogen and oxygen atoms in total. The fourth-order valence-electron chi connectivity index (χ4n) is 5.64. The number of amides is 1. The van der Waals surface area contributed by atoms with Crippen LogP contribution >= 0.6 is 0 Å². The summed E-state index contributed by atoms with van der Waals surface area (Å²) in [5.41, 5.74) is 14.4. The number of ether oxygens (including phenoxy) is 2. The molecule has 1 aliphatic rings. The molecular weight excluding hydrogens is 682 g/mol. The van der Waals surface area contributed by atoms with Gasteiger partial charge in [0, 0.05) is 42.5 Å². The van der Waals surface area contributed by atoms with Gasteiger partial charge < -0.3 is 14.6 Å². The summed E-state index contributed by atoms with van der Waals surface area (Å²) in [5.74, 6) is -2.09. The number of azide groups is 1. The summed E-state index contributed by atoms with van der Waals surface area (Å²) >= 11 is 0. The Morgan fingerprint density at radius 2 is 1.73 bits per heavy atom. The maximum Gasteiger partial charge on any atom is 0.266 e. The average Bonchev–Trinajstić information content (AvgIpc) is 3.53. The van der Waals surface area contributed by atoms with Crippen molar-refractivity contribution in [2.24, 2.45) is 10.1 Å². The number of sulfone groups is 1. The summed E-state index contributed by atoms with van der Waals surface area (Å²) in [5, 5.41) is 12.8. The van der Waals surface area contributed by atoms with Gasteiger partial charge in [-0.1, -0.05) is 47.6 Å². The number of nitrogens with one attached hydrogen (secondary N) is 2. The summed E-state index contributed by atoms with van der Waals surface area (Å²) < 4.78 is 66.8. The molecule has 1 amide bonds. The molecule has 0 fully saturated rings. The van der Waals surface area contributed by atoms with E-state index in [4.69, 9.17) is 25.1 Å². The van der Waals surface area contributed by atoms with Crippen LogP contribution in [0.25, 0.3) is 10.4 Å². The van der Waals surface area contributed by atoms with Gasteiger partial charge in [-0.05, 0) is 77.2 Å². The lowest BCUT2D eigenvalue weighted by molar-refractivity contribution is -0.130. The lowest BCUT2D eigenvalue weighted by Gasteiger charge is -2.31. The minimum Gasteiger partial charge on any atom is -0.494 e. The van der Waals surface area contributed by atoms with Crippen LogP contribution in [-0.2, 0) is 32.3 Å². The van der Waals surface area contributed by atoms with Crippen molar-refractivity contribution in [3.8, 4) is 5.75 Å².